The maximum Gasteiger partial charge on any atom is 0.119 e. The van der Waals surface area contributed by atoms with Gasteiger partial charge < -0.3 is 10.1 Å². The number of rotatable bonds is 6. The monoisotopic (exact) mass is 287 g/mol. The average Bonchev–Trinajstić information content (AvgIpc) is 2.49. The summed E-state index contributed by atoms with van der Waals surface area (Å²) < 4.78 is 5.28. The second-order valence-electron chi connectivity index (χ2n) is 4.68. The van der Waals surface area contributed by atoms with Gasteiger partial charge in [-0.15, -0.1) is 11.8 Å². The minimum Gasteiger partial charge on any atom is -0.497 e. The fraction of sp³-hybridized carbons (Fsp3) is 0.294. The summed E-state index contributed by atoms with van der Waals surface area (Å²) in [5.74, 6) is 0.905. The van der Waals surface area contributed by atoms with Gasteiger partial charge in [0.2, 0.25) is 0 Å². The van der Waals surface area contributed by atoms with Gasteiger partial charge in [0.25, 0.3) is 0 Å². The molecule has 20 heavy (non-hydrogen) atoms. The third kappa shape index (κ3) is 3.78. The molecule has 106 valence electrons. The van der Waals surface area contributed by atoms with Crippen molar-refractivity contribution in [2.24, 2.45) is 0 Å². The molecule has 0 aromatic heterocycles. The molecule has 2 nitrogen and oxygen atoms in total. The van der Waals surface area contributed by atoms with Crippen molar-refractivity contribution in [1.29, 1.82) is 0 Å². The molecule has 0 saturated heterocycles. The Kier molecular flexibility index (Phi) is 5.50. The third-order valence-corrected chi connectivity index (χ3v) is 4.47. The van der Waals surface area contributed by atoms with E-state index < -0.39 is 0 Å². The predicted molar refractivity (Wildman–Crippen MR) is 86.6 cm³/mol. The minimum absolute atomic E-state index is 0.326. The number of methoxy groups -OCH3 is 1. The Labute approximate surface area is 125 Å². The molecular weight excluding hydrogens is 266 g/mol. The molecule has 0 bridgehead atoms. The van der Waals surface area contributed by atoms with Crippen LogP contribution in [-0.2, 0) is 0 Å². The summed E-state index contributed by atoms with van der Waals surface area (Å²) in [6.45, 7) is 2.25. The molecule has 0 spiro atoms. The van der Waals surface area contributed by atoms with Gasteiger partial charge in [0.15, 0.2) is 0 Å². The molecule has 2 aromatic carbocycles. The molecule has 0 fully saturated rings. The molecule has 2 aromatic rings. The van der Waals surface area contributed by atoms with Gasteiger partial charge in [-0.3, -0.25) is 0 Å². The fourth-order valence-corrected chi connectivity index (χ4v) is 3.49. The Balaban J connectivity index is 2.11. The Bertz CT molecular complexity index is 530. The van der Waals surface area contributed by atoms with Gasteiger partial charge in [-0.2, -0.15) is 0 Å². The highest BCUT2D eigenvalue weighted by molar-refractivity contribution is 8.00. The lowest BCUT2D eigenvalue weighted by Gasteiger charge is -2.23. The van der Waals surface area contributed by atoms with Crippen molar-refractivity contribution in [2.75, 3.05) is 14.2 Å². The van der Waals surface area contributed by atoms with Gasteiger partial charge in [-0.1, -0.05) is 43.3 Å². The number of hydrogen-bond acceptors (Lipinski definition) is 3. The zero-order valence-electron chi connectivity index (χ0n) is 12.2. The standard InChI is InChI=1S/C17H21NOS/c1-13(17(18-2)14-8-5-4-6-9-14)20-16-11-7-10-15(12-16)19-3/h4-13,17-18H,1-3H3. The van der Waals surface area contributed by atoms with Crippen LogP contribution in [0.1, 0.15) is 18.5 Å². The van der Waals surface area contributed by atoms with Gasteiger partial charge in [0.05, 0.1) is 7.11 Å². The summed E-state index contributed by atoms with van der Waals surface area (Å²) in [5.41, 5.74) is 1.32. The average molecular weight is 287 g/mol. The summed E-state index contributed by atoms with van der Waals surface area (Å²) in [7, 11) is 3.72. The maximum absolute atomic E-state index is 5.28. The second-order valence-corrected chi connectivity index (χ2v) is 6.13. The van der Waals surface area contributed by atoms with E-state index in [0.717, 1.165) is 5.75 Å². The topological polar surface area (TPSA) is 21.3 Å². The van der Waals surface area contributed by atoms with E-state index in [9.17, 15) is 0 Å². The quantitative estimate of drug-likeness (QED) is 0.807. The van der Waals surface area contributed by atoms with Crippen molar-refractivity contribution in [3.8, 4) is 5.75 Å². The molecule has 0 heterocycles. The van der Waals surface area contributed by atoms with Gasteiger partial charge in [0.1, 0.15) is 5.75 Å². The van der Waals surface area contributed by atoms with Gasteiger partial charge in [-0.05, 0) is 30.8 Å². The van der Waals surface area contributed by atoms with Gasteiger partial charge in [0, 0.05) is 16.2 Å². The number of nitrogens with one attached hydrogen (secondary N) is 1. The van der Waals surface area contributed by atoms with Crippen LogP contribution in [0.15, 0.2) is 59.5 Å². The van der Waals surface area contributed by atoms with E-state index >= 15 is 0 Å². The predicted octanol–water partition coefficient (Wildman–Crippen LogP) is 4.14. The number of benzene rings is 2. The molecule has 2 unspecified atom stereocenters. The molecule has 3 heteroatoms. The fourth-order valence-electron chi connectivity index (χ4n) is 2.29. The van der Waals surface area contributed by atoms with Crippen LogP contribution in [0.4, 0.5) is 0 Å². The Morgan fingerprint density at radius 1 is 1.05 bits per heavy atom. The number of thioether (sulfide) groups is 1. The van der Waals surface area contributed by atoms with E-state index in [1.54, 1.807) is 7.11 Å². The molecule has 2 atom stereocenters. The Morgan fingerprint density at radius 3 is 2.45 bits per heavy atom. The van der Waals surface area contributed by atoms with E-state index in [2.05, 4.69) is 54.7 Å². The van der Waals surface area contributed by atoms with Crippen molar-refractivity contribution < 1.29 is 4.74 Å². The largest absolute Gasteiger partial charge is 0.497 e. The van der Waals surface area contributed by atoms with Crippen LogP contribution in [0.25, 0.3) is 0 Å². The van der Waals surface area contributed by atoms with Crippen molar-refractivity contribution in [3.05, 3.63) is 60.2 Å². The van der Waals surface area contributed by atoms with Crippen molar-refractivity contribution in [2.45, 2.75) is 23.1 Å². The molecule has 2 rings (SSSR count). The van der Waals surface area contributed by atoms with Crippen molar-refractivity contribution >= 4 is 11.8 Å². The molecular formula is C17H21NOS. The normalized spacial score (nSPS) is 13.8. The molecule has 0 aliphatic carbocycles. The van der Waals surface area contributed by atoms with E-state index in [4.69, 9.17) is 4.74 Å². The van der Waals surface area contributed by atoms with Crippen LogP contribution >= 0.6 is 11.8 Å². The van der Waals surface area contributed by atoms with Crippen molar-refractivity contribution in [3.63, 3.8) is 0 Å². The lowest BCUT2D eigenvalue weighted by Crippen LogP contribution is -2.25. The summed E-state index contributed by atoms with van der Waals surface area (Å²) in [4.78, 5) is 1.23. The molecule has 0 aliphatic heterocycles. The first-order valence-corrected chi connectivity index (χ1v) is 7.65. The lowest BCUT2D eigenvalue weighted by molar-refractivity contribution is 0.413. The van der Waals surface area contributed by atoms with Crippen LogP contribution < -0.4 is 10.1 Å². The molecule has 0 saturated carbocycles. The van der Waals surface area contributed by atoms with E-state index in [1.165, 1.54) is 10.5 Å². The van der Waals surface area contributed by atoms with Crippen molar-refractivity contribution in [1.82, 2.24) is 5.32 Å². The second kappa shape index (κ2) is 7.36. The third-order valence-electron chi connectivity index (χ3n) is 3.30. The number of hydrogen-bond donors (Lipinski definition) is 1. The van der Waals surface area contributed by atoms with Gasteiger partial charge >= 0.3 is 0 Å². The van der Waals surface area contributed by atoms with Crippen LogP contribution in [0, 0.1) is 0 Å². The first-order chi connectivity index (χ1) is 9.74. The summed E-state index contributed by atoms with van der Waals surface area (Å²) >= 11 is 1.86. The first-order valence-electron chi connectivity index (χ1n) is 6.77. The van der Waals surface area contributed by atoms with Crippen LogP contribution in [-0.4, -0.2) is 19.4 Å². The summed E-state index contributed by atoms with van der Waals surface area (Å²) in [5, 5.41) is 3.84. The maximum atomic E-state index is 5.28. The van der Waals surface area contributed by atoms with Crippen LogP contribution in [0.3, 0.4) is 0 Å². The highest BCUT2D eigenvalue weighted by Gasteiger charge is 2.18. The zero-order valence-corrected chi connectivity index (χ0v) is 13.0. The van der Waals surface area contributed by atoms with Crippen LogP contribution in [0.5, 0.6) is 5.75 Å². The van der Waals surface area contributed by atoms with E-state index in [-0.39, 0.29) is 0 Å². The summed E-state index contributed by atoms with van der Waals surface area (Å²) in [6, 6.07) is 19.1. The summed E-state index contributed by atoms with van der Waals surface area (Å²) in [6.07, 6.45) is 0. The molecule has 1 N–H and O–H groups in total. The van der Waals surface area contributed by atoms with Gasteiger partial charge in [-0.25, -0.2) is 0 Å². The number of ether oxygens (including phenoxy) is 1. The zero-order chi connectivity index (χ0) is 14.4. The highest BCUT2D eigenvalue weighted by atomic mass is 32.2. The Hall–Kier alpha value is -1.45. The first kappa shape index (κ1) is 14.9. The lowest BCUT2D eigenvalue weighted by atomic mass is 10.0. The Morgan fingerprint density at radius 2 is 1.80 bits per heavy atom. The van der Waals surface area contributed by atoms with E-state index in [1.807, 2.05) is 30.9 Å². The SMILES string of the molecule is CNC(c1ccccc1)C(C)Sc1cccc(OC)c1. The van der Waals surface area contributed by atoms with Crippen LogP contribution in [0.2, 0.25) is 0 Å². The minimum atomic E-state index is 0.326. The smallest absolute Gasteiger partial charge is 0.119 e. The molecule has 0 amide bonds. The molecule has 0 radical (unpaired) electrons. The highest BCUT2D eigenvalue weighted by Crippen LogP contribution is 2.33. The van der Waals surface area contributed by atoms with E-state index in [0.29, 0.717) is 11.3 Å². The molecule has 0 aliphatic rings.